The minimum absolute atomic E-state index is 0.176. The Morgan fingerprint density at radius 1 is 1.28 bits per heavy atom. The number of halogens is 1. The number of esters is 1. The third kappa shape index (κ3) is 4.59. The molecule has 0 fully saturated rings. The van der Waals surface area contributed by atoms with Crippen molar-refractivity contribution in [3.63, 3.8) is 0 Å². The summed E-state index contributed by atoms with van der Waals surface area (Å²) in [5, 5.41) is 7.31. The van der Waals surface area contributed by atoms with Crippen LogP contribution < -0.4 is 5.32 Å². The number of hydrogen-bond acceptors (Lipinski definition) is 7. The summed E-state index contributed by atoms with van der Waals surface area (Å²) in [7, 11) is 1.57. The van der Waals surface area contributed by atoms with Gasteiger partial charge in [0.25, 0.3) is 5.89 Å². The summed E-state index contributed by atoms with van der Waals surface area (Å²) < 4.78 is 16.9. The molecular weight excluding hydrogens is 438 g/mol. The molecule has 0 bridgehead atoms. The standard InChI is InChI=1S/C21H24BrN3O4/c1-5-16-24-20(29-25-16)17-12(2)23-13(3)18(21(26)28-10-9-27-4)19(17)14-7-6-8-15(22)11-14/h6-8,11,19,23H,5,9-10H2,1-4H3. The van der Waals surface area contributed by atoms with Crippen molar-refractivity contribution in [2.75, 3.05) is 20.3 Å². The Kier molecular flexibility index (Phi) is 6.87. The Morgan fingerprint density at radius 3 is 2.72 bits per heavy atom. The molecule has 7 nitrogen and oxygen atoms in total. The summed E-state index contributed by atoms with van der Waals surface area (Å²) in [6.07, 6.45) is 0.658. The highest BCUT2D eigenvalue weighted by atomic mass is 79.9. The smallest absolute Gasteiger partial charge is 0.336 e. The summed E-state index contributed by atoms with van der Waals surface area (Å²) in [6, 6.07) is 7.83. The van der Waals surface area contributed by atoms with Gasteiger partial charge in [-0.25, -0.2) is 4.79 Å². The Morgan fingerprint density at radius 2 is 2.07 bits per heavy atom. The lowest BCUT2D eigenvalue weighted by atomic mass is 9.80. The zero-order valence-electron chi connectivity index (χ0n) is 16.9. The van der Waals surface area contributed by atoms with Crippen molar-refractivity contribution in [1.82, 2.24) is 15.5 Å². The fraction of sp³-hybridized carbons (Fsp3) is 0.381. The molecule has 1 aromatic heterocycles. The number of hydrogen-bond donors (Lipinski definition) is 1. The zero-order chi connectivity index (χ0) is 21.0. The summed E-state index contributed by atoms with van der Waals surface area (Å²) in [6.45, 7) is 6.27. The number of allylic oxidation sites excluding steroid dienone is 3. The van der Waals surface area contributed by atoms with Crippen LogP contribution in [-0.4, -0.2) is 36.4 Å². The van der Waals surface area contributed by atoms with Crippen LogP contribution in [0.5, 0.6) is 0 Å². The van der Waals surface area contributed by atoms with E-state index in [1.54, 1.807) is 7.11 Å². The summed E-state index contributed by atoms with van der Waals surface area (Å²) in [4.78, 5) is 17.5. The van der Waals surface area contributed by atoms with Gasteiger partial charge in [-0.15, -0.1) is 0 Å². The van der Waals surface area contributed by atoms with Gasteiger partial charge in [0.05, 0.1) is 18.1 Å². The number of nitrogens with one attached hydrogen (secondary N) is 1. The molecule has 1 aliphatic rings. The molecule has 0 saturated carbocycles. The highest BCUT2D eigenvalue weighted by Crippen LogP contribution is 2.43. The molecule has 154 valence electrons. The highest BCUT2D eigenvalue weighted by molar-refractivity contribution is 9.10. The molecule has 1 N–H and O–H groups in total. The molecule has 0 amide bonds. The largest absolute Gasteiger partial charge is 0.460 e. The second-order valence-electron chi connectivity index (χ2n) is 6.69. The van der Waals surface area contributed by atoms with Crippen molar-refractivity contribution in [2.24, 2.45) is 0 Å². The fourth-order valence-corrected chi connectivity index (χ4v) is 3.79. The number of benzene rings is 1. The number of carbonyl (C=O) groups is 1. The molecule has 1 atom stereocenters. The maximum atomic E-state index is 13.0. The van der Waals surface area contributed by atoms with Crippen molar-refractivity contribution in [3.05, 3.63) is 63.0 Å². The van der Waals surface area contributed by atoms with E-state index in [0.29, 0.717) is 30.3 Å². The van der Waals surface area contributed by atoms with E-state index in [9.17, 15) is 4.79 Å². The van der Waals surface area contributed by atoms with Crippen LogP contribution in [0.1, 0.15) is 44.0 Å². The van der Waals surface area contributed by atoms with E-state index in [2.05, 4.69) is 31.4 Å². The molecule has 0 radical (unpaired) electrons. The number of ether oxygens (including phenoxy) is 2. The first-order valence-electron chi connectivity index (χ1n) is 9.39. The number of rotatable bonds is 7. The van der Waals surface area contributed by atoms with Gasteiger partial charge in [-0.1, -0.05) is 40.1 Å². The lowest BCUT2D eigenvalue weighted by Crippen LogP contribution is -2.29. The monoisotopic (exact) mass is 461 g/mol. The first-order chi connectivity index (χ1) is 14.0. The van der Waals surface area contributed by atoms with E-state index in [1.165, 1.54) is 0 Å². The number of carbonyl (C=O) groups excluding carboxylic acids is 1. The minimum Gasteiger partial charge on any atom is -0.460 e. The molecule has 8 heteroatoms. The van der Waals surface area contributed by atoms with Crippen LogP contribution in [0.25, 0.3) is 5.57 Å². The SMILES string of the molecule is CCc1noc(C2=C(C)NC(C)=C(C(=O)OCCOC)C2c2cccc(Br)c2)n1. The lowest BCUT2D eigenvalue weighted by molar-refractivity contribution is -0.140. The number of nitrogens with zero attached hydrogens (tertiary/aromatic N) is 2. The van der Waals surface area contributed by atoms with Crippen LogP contribution in [0.15, 0.2) is 50.2 Å². The number of aryl methyl sites for hydroxylation is 1. The molecule has 29 heavy (non-hydrogen) atoms. The third-order valence-corrected chi connectivity index (χ3v) is 5.19. The second-order valence-corrected chi connectivity index (χ2v) is 7.60. The summed E-state index contributed by atoms with van der Waals surface area (Å²) in [5.74, 6) is 0.196. The predicted molar refractivity (Wildman–Crippen MR) is 112 cm³/mol. The molecule has 0 saturated heterocycles. The van der Waals surface area contributed by atoms with Gasteiger partial charge < -0.3 is 19.3 Å². The lowest BCUT2D eigenvalue weighted by Gasteiger charge is -2.30. The first kappa shape index (κ1) is 21.3. The zero-order valence-corrected chi connectivity index (χ0v) is 18.5. The molecule has 1 unspecified atom stereocenters. The first-order valence-corrected chi connectivity index (χ1v) is 10.2. The van der Waals surface area contributed by atoms with Gasteiger partial charge in [0.1, 0.15) is 6.61 Å². The van der Waals surface area contributed by atoms with Crippen LogP contribution in [0.4, 0.5) is 0 Å². The van der Waals surface area contributed by atoms with E-state index in [4.69, 9.17) is 14.0 Å². The van der Waals surface area contributed by atoms with Gasteiger partial charge in [-0.3, -0.25) is 0 Å². The van der Waals surface area contributed by atoms with E-state index < -0.39 is 11.9 Å². The number of methoxy groups -OCH3 is 1. The topological polar surface area (TPSA) is 86.5 Å². The van der Waals surface area contributed by atoms with Crippen molar-refractivity contribution >= 4 is 27.5 Å². The van der Waals surface area contributed by atoms with Gasteiger partial charge in [0.15, 0.2) is 5.82 Å². The van der Waals surface area contributed by atoms with Crippen LogP contribution in [0.2, 0.25) is 0 Å². The van der Waals surface area contributed by atoms with Gasteiger partial charge in [-0.2, -0.15) is 4.98 Å². The number of aromatic nitrogens is 2. The van der Waals surface area contributed by atoms with Crippen molar-refractivity contribution in [1.29, 1.82) is 0 Å². The molecule has 0 spiro atoms. The maximum Gasteiger partial charge on any atom is 0.336 e. The molecule has 1 aliphatic heterocycles. The average Bonchev–Trinajstić information content (AvgIpc) is 3.16. The fourth-order valence-electron chi connectivity index (χ4n) is 3.37. The molecular formula is C21H24BrN3O4. The van der Waals surface area contributed by atoms with Gasteiger partial charge >= 0.3 is 5.97 Å². The predicted octanol–water partition coefficient (Wildman–Crippen LogP) is 3.98. The van der Waals surface area contributed by atoms with Crippen LogP contribution in [0, 0.1) is 0 Å². The van der Waals surface area contributed by atoms with Gasteiger partial charge in [0, 0.05) is 35.0 Å². The Hall–Kier alpha value is -2.45. The molecule has 0 aliphatic carbocycles. The van der Waals surface area contributed by atoms with Gasteiger partial charge in [0.2, 0.25) is 0 Å². The molecule has 3 rings (SSSR count). The Bertz CT molecular complexity index is 964. The van der Waals surface area contributed by atoms with Crippen molar-refractivity contribution < 1.29 is 18.8 Å². The third-order valence-electron chi connectivity index (χ3n) is 4.70. The van der Waals surface area contributed by atoms with Gasteiger partial charge in [-0.05, 0) is 31.5 Å². The Balaban J connectivity index is 2.11. The second kappa shape index (κ2) is 9.37. The maximum absolute atomic E-state index is 13.0. The summed E-state index contributed by atoms with van der Waals surface area (Å²) in [5.41, 5.74) is 3.78. The molecule has 1 aromatic carbocycles. The molecule has 2 heterocycles. The van der Waals surface area contributed by atoms with E-state index >= 15 is 0 Å². The highest BCUT2D eigenvalue weighted by Gasteiger charge is 2.37. The van der Waals surface area contributed by atoms with Crippen LogP contribution >= 0.6 is 15.9 Å². The average molecular weight is 462 g/mol. The molecule has 2 aromatic rings. The van der Waals surface area contributed by atoms with Crippen molar-refractivity contribution in [2.45, 2.75) is 33.1 Å². The Labute approximate surface area is 178 Å². The number of dihydropyridines is 1. The quantitative estimate of drug-likeness (QED) is 0.492. The van der Waals surface area contributed by atoms with E-state index in [-0.39, 0.29) is 6.61 Å². The minimum atomic E-state index is -0.408. The van der Waals surface area contributed by atoms with E-state index in [1.807, 2.05) is 45.0 Å². The summed E-state index contributed by atoms with van der Waals surface area (Å²) >= 11 is 3.53. The normalized spacial score (nSPS) is 16.8. The van der Waals surface area contributed by atoms with E-state index in [0.717, 1.165) is 27.0 Å². The van der Waals surface area contributed by atoms with Crippen LogP contribution in [-0.2, 0) is 20.7 Å². The van der Waals surface area contributed by atoms with Crippen LogP contribution in [0.3, 0.4) is 0 Å². The van der Waals surface area contributed by atoms with Crippen molar-refractivity contribution in [3.8, 4) is 0 Å².